The summed E-state index contributed by atoms with van der Waals surface area (Å²) in [7, 11) is 0. The van der Waals surface area contributed by atoms with Gasteiger partial charge in [-0.3, -0.25) is 9.59 Å². The number of aromatic nitrogens is 1. The van der Waals surface area contributed by atoms with Crippen LogP contribution in [0, 0.1) is 19.8 Å². The highest BCUT2D eigenvalue weighted by atomic mass is 16.2. The maximum Gasteiger partial charge on any atom is 0.267 e. The standard InChI is InChI=1S/C22H27N3O2/c1-15-11-16(2)13-18(12-15)22(27)24-8-7-19-5-6-20(25(19)10-9-24)21(26)23-14-17-3-4-17/h5-6,11-13,17H,3-4,7-10,14H2,1-2H3,(H,23,26). The normalized spacial score (nSPS) is 16.6. The van der Waals surface area contributed by atoms with Crippen LogP contribution in [0.3, 0.4) is 0 Å². The fraction of sp³-hybridized carbons (Fsp3) is 0.455. The van der Waals surface area contributed by atoms with E-state index in [2.05, 4.69) is 16.0 Å². The molecular weight excluding hydrogens is 338 g/mol. The predicted octanol–water partition coefficient (Wildman–Crippen LogP) is 2.94. The lowest BCUT2D eigenvalue weighted by Gasteiger charge is -2.21. The van der Waals surface area contributed by atoms with E-state index in [0.29, 0.717) is 31.2 Å². The molecule has 0 spiro atoms. The Labute approximate surface area is 160 Å². The van der Waals surface area contributed by atoms with Crippen LogP contribution in [0.2, 0.25) is 0 Å². The molecule has 5 heteroatoms. The van der Waals surface area contributed by atoms with E-state index in [1.165, 1.54) is 12.8 Å². The summed E-state index contributed by atoms with van der Waals surface area (Å²) in [6.07, 6.45) is 3.22. The molecule has 0 radical (unpaired) electrons. The second kappa shape index (κ2) is 7.22. The van der Waals surface area contributed by atoms with E-state index >= 15 is 0 Å². The lowest BCUT2D eigenvalue weighted by molar-refractivity contribution is 0.0759. The summed E-state index contributed by atoms with van der Waals surface area (Å²) in [6.45, 7) is 6.77. The van der Waals surface area contributed by atoms with E-state index in [4.69, 9.17) is 0 Å². The molecule has 1 N–H and O–H groups in total. The van der Waals surface area contributed by atoms with Crippen molar-refractivity contribution in [1.29, 1.82) is 0 Å². The summed E-state index contributed by atoms with van der Waals surface area (Å²) >= 11 is 0. The van der Waals surface area contributed by atoms with Crippen molar-refractivity contribution in [3.63, 3.8) is 0 Å². The first-order valence-electron chi connectivity index (χ1n) is 9.85. The molecule has 5 nitrogen and oxygen atoms in total. The Kier molecular flexibility index (Phi) is 4.77. The zero-order valence-electron chi connectivity index (χ0n) is 16.1. The Morgan fingerprint density at radius 1 is 1.04 bits per heavy atom. The smallest absolute Gasteiger partial charge is 0.267 e. The van der Waals surface area contributed by atoms with Gasteiger partial charge in [0, 0.05) is 43.9 Å². The number of aryl methyl sites for hydroxylation is 2. The molecule has 2 aromatic rings. The number of rotatable bonds is 4. The zero-order valence-corrected chi connectivity index (χ0v) is 16.1. The quantitative estimate of drug-likeness (QED) is 0.906. The second-order valence-corrected chi connectivity index (χ2v) is 7.93. The van der Waals surface area contributed by atoms with E-state index in [0.717, 1.165) is 35.3 Å². The minimum Gasteiger partial charge on any atom is -0.350 e. The number of hydrogen-bond donors (Lipinski definition) is 1. The lowest BCUT2D eigenvalue weighted by atomic mass is 10.1. The molecule has 27 heavy (non-hydrogen) atoms. The molecule has 1 aromatic heterocycles. The van der Waals surface area contributed by atoms with Gasteiger partial charge in [0.05, 0.1) is 0 Å². The van der Waals surface area contributed by atoms with E-state index in [1.807, 2.05) is 43.0 Å². The highest BCUT2D eigenvalue weighted by molar-refractivity contribution is 5.95. The molecule has 2 amide bonds. The molecule has 1 aliphatic carbocycles. The Hall–Kier alpha value is -2.56. The van der Waals surface area contributed by atoms with Gasteiger partial charge >= 0.3 is 0 Å². The van der Waals surface area contributed by atoms with Gasteiger partial charge in [0.25, 0.3) is 11.8 Å². The molecule has 1 fully saturated rings. The van der Waals surface area contributed by atoms with Crippen LogP contribution in [0.1, 0.15) is 50.5 Å². The second-order valence-electron chi connectivity index (χ2n) is 7.93. The molecule has 0 atom stereocenters. The van der Waals surface area contributed by atoms with Gasteiger partial charge in [0.2, 0.25) is 0 Å². The van der Waals surface area contributed by atoms with Crippen LogP contribution in [0.15, 0.2) is 30.3 Å². The van der Waals surface area contributed by atoms with Gasteiger partial charge in [0.1, 0.15) is 5.69 Å². The molecule has 0 unspecified atom stereocenters. The summed E-state index contributed by atoms with van der Waals surface area (Å²) in [4.78, 5) is 27.4. The summed E-state index contributed by atoms with van der Waals surface area (Å²) in [5, 5.41) is 3.05. The Morgan fingerprint density at radius 2 is 1.78 bits per heavy atom. The number of nitrogens with one attached hydrogen (secondary N) is 1. The highest BCUT2D eigenvalue weighted by Gasteiger charge is 2.25. The lowest BCUT2D eigenvalue weighted by Crippen LogP contribution is -2.34. The Balaban J connectivity index is 1.46. The Bertz CT molecular complexity index is 859. The average Bonchev–Trinajstić information content (AvgIpc) is 3.41. The molecule has 1 aromatic carbocycles. The van der Waals surface area contributed by atoms with Gasteiger partial charge in [-0.1, -0.05) is 17.2 Å². The maximum atomic E-state index is 13.0. The number of fused-ring (bicyclic) bond motifs is 1. The zero-order chi connectivity index (χ0) is 19.0. The molecule has 1 saturated carbocycles. The van der Waals surface area contributed by atoms with Gasteiger partial charge in [-0.05, 0) is 56.9 Å². The van der Waals surface area contributed by atoms with E-state index in [-0.39, 0.29) is 11.8 Å². The van der Waals surface area contributed by atoms with E-state index in [9.17, 15) is 9.59 Å². The van der Waals surface area contributed by atoms with Crippen molar-refractivity contribution in [1.82, 2.24) is 14.8 Å². The number of nitrogens with zero attached hydrogens (tertiary/aromatic N) is 2. The summed E-state index contributed by atoms with van der Waals surface area (Å²) in [6, 6.07) is 9.93. The van der Waals surface area contributed by atoms with Crippen molar-refractivity contribution in [3.8, 4) is 0 Å². The third kappa shape index (κ3) is 3.92. The number of amides is 2. The summed E-state index contributed by atoms with van der Waals surface area (Å²) in [5.41, 5.74) is 4.80. The Morgan fingerprint density at radius 3 is 2.48 bits per heavy atom. The molecule has 2 aliphatic rings. The van der Waals surface area contributed by atoms with Crippen LogP contribution in [-0.2, 0) is 13.0 Å². The van der Waals surface area contributed by atoms with Crippen LogP contribution < -0.4 is 5.32 Å². The first-order chi connectivity index (χ1) is 13.0. The average molecular weight is 365 g/mol. The minimum atomic E-state index is 0.00207. The molecule has 142 valence electrons. The first kappa shape index (κ1) is 17.8. The van der Waals surface area contributed by atoms with Gasteiger partial charge in [-0.25, -0.2) is 0 Å². The van der Waals surface area contributed by atoms with Crippen molar-refractivity contribution in [2.45, 2.75) is 39.7 Å². The van der Waals surface area contributed by atoms with Crippen LogP contribution in [0.4, 0.5) is 0 Å². The molecule has 0 bridgehead atoms. The van der Waals surface area contributed by atoms with E-state index in [1.54, 1.807) is 0 Å². The third-order valence-electron chi connectivity index (χ3n) is 5.54. The topological polar surface area (TPSA) is 54.3 Å². The molecule has 2 heterocycles. The van der Waals surface area contributed by atoms with Gasteiger partial charge in [-0.15, -0.1) is 0 Å². The maximum absolute atomic E-state index is 13.0. The van der Waals surface area contributed by atoms with Crippen molar-refractivity contribution >= 4 is 11.8 Å². The molecule has 1 aliphatic heterocycles. The predicted molar refractivity (Wildman–Crippen MR) is 105 cm³/mol. The van der Waals surface area contributed by atoms with Crippen molar-refractivity contribution in [3.05, 3.63) is 58.4 Å². The largest absolute Gasteiger partial charge is 0.350 e. The molecule has 0 saturated heterocycles. The van der Waals surface area contributed by atoms with Crippen LogP contribution in [-0.4, -0.2) is 40.9 Å². The molecular formula is C22H27N3O2. The highest BCUT2D eigenvalue weighted by Crippen LogP contribution is 2.27. The fourth-order valence-corrected chi connectivity index (χ4v) is 3.91. The summed E-state index contributed by atoms with van der Waals surface area (Å²) in [5.74, 6) is 0.743. The number of carbonyl (C=O) groups is 2. The fourth-order valence-electron chi connectivity index (χ4n) is 3.91. The summed E-state index contributed by atoms with van der Waals surface area (Å²) < 4.78 is 2.08. The van der Waals surface area contributed by atoms with Crippen LogP contribution in [0.25, 0.3) is 0 Å². The van der Waals surface area contributed by atoms with Gasteiger partial charge in [-0.2, -0.15) is 0 Å². The van der Waals surface area contributed by atoms with Crippen molar-refractivity contribution < 1.29 is 9.59 Å². The third-order valence-corrected chi connectivity index (χ3v) is 5.54. The van der Waals surface area contributed by atoms with Crippen molar-refractivity contribution in [2.24, 2.45) is 5.92 Å². The number of carbonyl (C=O) groups excluding carboxylic acids is 2. The molecule has 4 rings (SSSR count). The number of hydrogen-bond acceptors (Lipinski definition) is 2. The van der Waals surface area contributed by atoms with Crippen LogP contribution >= 0.6 is 0 Å². The van der Waals surface area contributed by atoms with Gasteiger partial charge < -0.3 is 14.8 Å². The van der Waals surface area contributed by atoms with Crippen LogP contribution in [0.5, 0.6) is 0 Å². The first-order valence-corrected chi connectivity index (χ1v) is 9.85. The minimum absolute atomic E-state index is 0.00207. The van der Waals surface area contributed by atoms with Crippen molar-refractivity contribution in [2.75, 3.05) is 19.6 Å². The SMILES string of the molecule is Cc1cc(C)cc(C(=O)N2CCc3ccc(C(=O)NCC4CC4)n3CC2)c1. The monoisotopic (exact) mass is 365 g/mol. The number of benzene rings is 1. The van der Waals surface area contributed by atoms with Gasteiger partial charge in [0.15, 0.2) is 0 Å². The van der Waals surface area contributed by atoms with E-state index < -0.39 is 0 Å².